The van der Waals surface area contributed by atoms with Crippen molar-refractivity contribution < 1.29 is 4.58 Å². The van der Waals surface area contributed by atoms with Gasteiger partial charge in [0.25, 0.3) is 0 Å². The minimum Gasteiger partial charge on any atom is -0.334 e. The Morgan fingerprint density at radius 1 is 1.26 bits per heavy atom. The summed E-state index contributed by atoms with van der Waals surface area (Å²) in [4.78, 5) is 4.21. The van der Waals surface area contributed by atoms with Crippen molar-refractivity contribution in [3.05, 3.63) is 47.9 Å². The SMILES string of the molecule is Cc1c(C2=CCC=[N+]2C)cccc1-c1cncn1C. The lowest BCUT2D eigenvalue weighted by molar-refractivity contribution is -0.387. The van der Waals surface area contributed by atoms with Crippen LogP contribution in [0.4, 0.5) is 0 Å². The van der Waals surface area contributed by atoms with Gasteiger partial charge < -0.3 is 4.57 Å². The highest BCUT2D eigenvalue weighted by atomic mass is 15.0. The normalized spacial score (nSPS) is 14.5. The molecule has 0 atom stereocenters. The lowest BCUT2D eigenvalue weighted by atomic mass is 9.98. The molecule has 0 N–H and O–H groups in total. The van der Waals surface area contributed by atoms with Crippen LogP contribution in [-0.4, -0.2) is 27.4 Å². The fraction of sp³-hybridized carbons (Fsp3) is 0.250. The topological polar surface area (TPSA) is 20.8 Å². The van der Waals surface area contributed by atoms with E-state index in [1.165, 1.54) is 22.4 Å². The van der Waals surface area contributed by atoms with Crippen LogP contribution in [0.3, 0.4) is 0 Å². The van der Waals surface area contributed by atoms with E-state index in [4.69, 9.17) is 0 Å². The van der Waals surface area contributed by atoms with Gasteiger partial charge in [0.2, 0.25) is 5.70 Å². The number of hydrogen-bond donors (Lipinski definition) is 0. The van der Waals surface area contributed by atoms with Crippen molar-refractivity contribution >= 4 is 11.9 Å². The maximum atomic E-state index is 4.21. The van der Waals surface area contributed by atoms with E-state index in [-0.39, 0.29) is 0 Å². The molecular weight excluding hydrogens is 234 g/mol. The minimum atomic E-state index is 1.02. The van der Waals surface area contributed by atoms with E-state index < -0.39 is 0 Å². The molecule has 0 unspecified atom stereocenters. The Labute approximate surface area is 113 Å². The summed E-state index contributed by atoms with van der Waals surface area (Å²) in [5.74, 6) is 0. The van der Waals surface area contributed by atoms with Gasteiger partial charge >= 0.3 is 0 Å². The molecule has 1 aliphatic heterocycles. The molecular formula is C16H18N3+. The van der Waals surface area contributed by atoms with Crippen LogP contribution in [0, 0.1) is 6.92 Å². The number of allylic oxidation sites excluding steroid dienone is 1. The van der Waals surface area contributed by atoms with Crippen molar-refractivity contribution in [2.45, 2.75) is 13.3 Å². The maximum absolute atomic E-state index is 4.21. The van der Waals surface area contributed by atoms with Gasteiger partial charge in [-0.3, -0.25) is 0 Å². The zero-order valence-corrected chi connectivity index (χ0v) is 11.6. The molecule has 3 heteroatoms. The van der Waals surface area contributed by atoms with Crippen LogP contribution < -0.4 is 0 Å². The number of rotatable bonds is 2. The van der Waals surface area contributed by atoms with Gasteiger partial charge in [0.05, 0.1) is 18.2 Å². The fourth-order valence-corrected chi connectivity index (χ4v) is 2.67. The molecule has 2 aromatic rings. The summed E-state index contributed by atoms with van der Waals surface area (Å²) < 4.78 is 4.26. The summed E-state index contributed by atoms with van der Waals surface area (Å²) in [6.45, 7) is 2.19. The zero-order valence-electron chi connectivity index (χ0n) is 11.6. The van der Waals surface area contributed by atoms with E-state index in [0.717, 1.165) is 12.1 Å². The second-order valence-electron chi connectivity index (χ2n) is 4.99. The van der Waals surface area contributed by atoms with E-state index in [9.17, 15) is 0 Å². The molecule has 0 spiro atoms. The lowest BCUT2D eigenvalue weighted by Crippen LogP contribution is -2.03. The number of nitrogens with zero attached hydrogens (tertiary/aromatic N) is 3. The molecule has 19 heavy (non-hydrogen) atoms. The molecule has 96 valence electrons. The van der Waals surface area contributed by atoms with Gasteiger partial charge in [0.1, 0.15) is 13.3 Å². The van der Waals surface area contributed by atoms with Crippen LogP contribution >= 0.6 is 0 Å². The Morgan fingerprint density at radius 3 is 2.68 bits per heavy atom. The average molecular weight is 252 g/mol. The fourth-order valence-electron chi connectivity index (χ4n) is 2.67. The van der Waals surface area contributed by atoms with Crippen LogP contribution in [0.15, 0.2) is 36.8 Å². The molecule has 1 aromatic carbocycles. The Kier molecular flexibility index (Phi) is 2.82. The van der Waals surface area contributed by atoms with Crippen LogP contribution in [0.2, 0.25) is 0 Å². The third-order valence-corrected chi connectivity index (χ3v) is 3.77. The highest BCUT2D eigenvalue weighted by Crippen LogP contribution is 2.30. The van der Waals surface area contributed by atoms with Crippen molar-refractivity contribution in [1.82, 2.24) is 9.55 Å². The molecule has 3 nitrogen and oxygen atoms in total. The van der Waals surface area contributed by atoms with Crippen molar-refractivity contribution in [2.75, 3.05) is 7.05 Å². The predicted molar refractivity (Wildman–Crippen MR) is 78.2 cm³/mol. The molecule has 2 heterocycles. The minimum absolute atomic E-state index is 1.02. The van der Waals surface area contributed by atoms with E-state index in [0.29, 0.717) is 0 Å². The van der Waals surface area contributed by atoms with Gasteiger partial charge in [-0.15, -0.1) is 0 Å². The average Bonchev–Trinajstić information content (AvgIpc) is 2.99. The van der Waals surface area contributed by atoms with Crippen LogP contribution in [-0.2, 0) is 7.05 Å². The number of hydrogen-bond acceptors (Lipinski definition) is 1. The van der Waals surface area contributed by atoms with Crippen molar-refractivity contribution in [2.24, 2.45) is 7.05 Å². The third-order valence-electron chi connectivity index (χ3n) is 3.77. The van der Waals surface area contributed by atoms with Gasteiger partial charge in [0, 0.05) is 24.6 Å². The summed E-state index contributed by atoms with van der Waals surface area (Å²) in [5.41, 5.74) is 6.30. The molecule has 0 aliphatic carbocycles. The molecule has 0 fully saturated rings. The third kappa shape index (κ3) is 1.91. The largest absolute Gasteiger partial charge is 0.334 e. The van der Waals surface area contributed by atoms with E-state index in [1.54, 1.807) is 0 Å². The predicted octanol–water partition coefficient (Wildman–Crippen LogP) is 2.85. The van der Waals surface area contributed by atoms with Gasteiger partial charge in [-0.25, -0.2) is 9.56 Å². The molecule has 0 amide bonds. The van der Waals surface area contributed by atoms with Gasteiger partial charge in [-0.2, -0.15) is 0 Å². The maximum Gasteiger partial charge on any atom is 0.208 e. The second kappa shape index (κ2) is 4.50. The Bertz CT molecular complexity index is 690. The number of aryl methyl sites for hydroxylation is 1. The molecule has 1 aromatic heterocycles. The molecule has 3 rings (SSSR count). The molecule has 1 aliphatic rings. The monoisotopic (exact) mass is 252 g/mol. The van der Waals surface area contributed by atoms with Crippen molar-refractivity contribution in [1.29, 1.82) is 0 Å². The summed E-state index contributed by atoms with van der Waals surface area (Å²) >= 11 is 0. The van der Waals surface area contributed by atoms with E-state index in [2.05, 4.69) is 58.6 Å². The summed E-state index contributed by atoms with van der Waals surface area (Å²) in [5, 5.41) is 0. The Balaban J connectivity index is 2.15. The van der Waals surface area contributed by atoms with Crippen LogP contribution in [0.1, 0.15) is 17.5 Å². The molecule has 0 radical (unpaired) electrons. The molecule has 0 saturated carbocycles. The first-order chi connectivity index (χ1) is 9.18. The Hall–Kier alpha value is -2.16. The lowest BCUT2D eigenvalue weighted by Gasteiger charge is -2.10. The smallest absolute Gasteiger partial charge is 0.208 e. The quantitative estimate of drug-likeness (QED) is 0.753. The number of benzene rings is 1. The summed E-state index contributed by atoms with van der Waals surface area (Å²) in [6, 6.07) is 6.48. The first-order valence-corrected chi connectivity index (χ1v) is 6.51. The van der Waals surface area contributed by atoms with Gasteiger partial charge in [-0.1, -0.05) is 12.1 Å². The molecule has 0 bridgehead atoms. The summed E-state index contributed by atoms with van der Waals surface area (Å²) in [7, 11) is 4.14. The number of imidazole rings is 1. The first-order valence-electron chi connectivity index (χ1n) is 6.51. The van der Waals surface area contributed by atoms with Crippen molar-refractivity contribution in [3.8, 4) is 11.3 Å². The highest BCUT2D eigenvalue weighted by molar-refractivity contribution is 5.77. The second-order valence-corrected chi connectivity index (χ2v) is 4.99. The van der Waals surface area contributed by atoms with E-state index >= 15 is 0 Å². The van der Waals surface area contributed by atoms with E-state index in [1.807, 2.05) is 19.6 Å². The highest BCUT2D eigenvalue weighted by Gasteiger charge is 2.20. The molecule has 0 saturated heterocycles. The first kappa shape index (κ1) is 11.9. The van der Waals surface area contributed by atoms with Crippen LogP contribution in [0.5, 0.6) is 0 Å². The Morgan fingerprint density at radius 2 is 2.05 bits per heavy atom. The standard InChI is InChI=1S/C16H18N3/c1-12-13(15-8-5-9-18(15)2)6-4-7-14(12)16-10-17-11-19(16)3/h4,6-11H,5H2,1-3H3/q+1. The summed E-state index contributed by atoms with van der Waals surface area (Å²) in [6.07, 6.45) is 9.25. The van der Waals surface area contributed by atoms with Gasteiger partial charge in [0.15, 0.2) is 0 Å². The van der Waals surface area contributed by atoms with Crippen LogP contribution in [0.25, 0.3) is 17.0 Å². The van der Waals surface area contributed by atoms with Crippen molar-refractivity contribution in [3.63, 3.8) is 0 Å². The zero-order chi connectivity index (χ0) is 13.4. The number of aromatic nitrogens is 2. The van der Waals surface area contributed by atoms with Gasteiger partial charge in [-0.05, 0) is 24.6 Å².